The summed E-state index contributed by atoms with van der Waals surface area (Å²) in [5, 5.41) is 9.25. The number of rotatable bonds is 5. The molecule has 0 aliphatic carbocycles. The molecule has 1 heterocycles. The number of benzene rings is 1. The monoisotopic (exact) mass is 286 g/mol. The molecular formula is C12H15FN2O3S. The van der Waals surface area contributed by atoms with Crippen LogP contribution in [0.25, 0.3) is 11.0 Å². The molecule has 0 aliphatic rings. The minimum atomic E-state index is -3.01. The fourth-order valence-corrected chi connectivity index (χ4v) is 2.66. The molecular weight excluding hydrogens is 271 g/mol. The fraction of sp³-hybridized carbons (Fsp3) is 0.417. The van der Waals surface area contributed by atoms with E-state index in [1.165, 1.54) is 18.4 Å². The molecule has 0 fully saturated rings. The van der Waals surface area contributed by atoms with Gasteiger partial charge in [-0.15, -0.1) is 0 Å². The Labute approximate surface area is 110 Å². The number of aryl methyl sites for hydroxylation is 1. The molecule has 2 aromatic rings. The van der Waals surface area contributed by atoms with Crippen LogP contribution in [-0.4, -0.2) is 35.1 Å². The van der Waals surface area contributed by atoms with Crippen LogP contribution in [-0.2, 0) is 23.0 Å². The molecule has 0 amide bonds. The van der Waals surface area contributed by atoms with Crippen molar-refractivity contribution in [3.63, 3.8) is 0 Å². The first kappa shape index (κ1) is 14.0. The maximum Gasteiger partial charge on any atom is 0.147 e. The largest absolute Gasteiger partial charge is 0.388 e. The summed E-state index contributed by atoms with van der Waals surface area (Å²) in [5.74, 6) is 0.0884. The molecule has 1 aromatic heterocycles. The first-order valence-corrected chi connectivity index (χ1v) is 7.90. The highest BCUT2D eigenvalue weighted by Crippen LogP contribution is 2.18. The number of aliphatic hydroxyl groups is 1. The van der Waals surface area contributed by atoms with Crippen molar-refractivity contribution in [1.82, 2.24) is 9.55 Å². The van der Waals surface area contributed by atoms with Crippen molar-refractivity contribution in [3.8, 4) is 0 Å². The van der Waals surface area contributed by atoms with Crippen LogP contribution in [0, 0.1) is 5.82 Å². The topological polar surface area (TPSA) is 72.2 Å². The van der Waals surface area contributed by atoms with E-state index in [9.17, 15) is 17.9 Å². The quantitative estimate of drug-likeness (QED) is 0.893. The number of aromatic nitrogens is 2. The van der Waals surface area contributed by atoms with Gasteiger partial charge in [0.05, 0.1) is 16.8 Å². The Morgan fingerprint density at radius 3 is 2.79 bits per heavy atom. The molecule has 0 radical (unpaired) electrons. The molecule has 0 saturated heterocycles. The molecule has 0 bridgehead atoms. The van der Waals surface area contributed by atoms with Gasteiger partial charge in [-0.05, 0) is 18.6 Å². The number of halogens is 1. The van der Waals surface area contributed by atoms with Crippen LogP contribution < -0.4 is 0 Å². The number of hydrogen-bond donors (Lipinski definition) is 1. The predicted octanol–water partition coefficient (Wildman–Crippen LogP) is 1.10. The molecule has 5 nitrogen and oxygen atoms in total. The van der Waals surface area contributed by atoms with Gasteiger partial charge in [-0.25, -0.2) is 17.8 Å². The lowest BCUT2D eigenvalue weighted by molar-refractivity contribution is 0.266. The van der Waals surface area contributed by atoms with E-state index in [2.05, 4.69) is 4.98 Å². The van der Waals surface area contributed by atoms with E-state index < -0.39 is 15.7 Å². The first-order chi connectivity index (χ1) is 8.90. The molecule has 1 N–H and O–H groups in total. The van der Waals surface area contributed by atoms with Gasteiger partial charge in [0.2, 0.25) is 0 Å². The molecule has 0 saturated carbocycles. The maximum absolute atomic E-state index is 13.1. The van der Waals surface area contributed by atoms with Crippen molar-refractivity contribution in [3.05, 3.63) is 29.8 Å². The molecule has 2 rings (SSSR count). The van der Waals surface area contributed by atoms with Crippen LogP contribution in [0.15, 0.2) is 18.2 Å². The number of hydrogen-bond acceptors (Lipinski definition) is 4. The number of sulfone groups is 1. The van der Waals surface area contributed by atoms with E-state index in [-0.39, 0.29) is 12.4 Å². The lowest BCUT2D eigenvalue weighted by Gasteiger charge is -2.07. The third-order valence-electron chi connectivity index (χ3n) is 2.83. The maximum atomic E-state index is 13.1. The SMILES string of the molecule is CS(=O)(=O)CCCn1c(CO)nc2cc(F)ccc21. The predicted molar refractivity (Wildman–Crippen MR) is 69.9 cm³/mol. The Kier molecular flexibility index (Phi) is 3.86. The Bertz CT molecular complexity index is 694. The van der Waals surface area contributed by atoms with E-state index in [4.69, 9.17) is 0 Å². The van der Waals surface area contributed by atoms with Gasteiger partial charge in [-0.1, -0.05) is 0 Å². The Morgan fingerprint density at radius 1 is 1.42 bits per heavy atom. The van der Waals surface area contributed by atoms with Crippen molar-refractivity contribution in [2.24, 2.45) is 0 Å². The molecule has 19 heavy (non-hydrogen) atoms. The lowest BCUT2D eigenvalue weighted by atomic mass is 10.3. The van der Waals surface area contributed by atoms with Gasteiger partial charge in [0.15, 0.2) is 0 Å². The third-order valence-corrected chi connectivity index (χ3v) is 3.86. The van der Waals surface area contributed by atoms with E-state index >= 15 is 0 Å². The normalized spacial score (nSPS) is 12.2. The standard InChI is InChI=1S/C12H15FN2O3S/c1-19(17,18)6-2-5-15-11-4-3-9(13)7-10(11)14-12(15)8-16/h3-4,7,16H,2,5-6,8H2,1H3. The molecule has 1 aromatic carbocycles. The summed E-state index contributed by atoms with van der Waals surface area (Å²) in [6, 6.07) is 4.19. The lowest BCUT2D eigenvalue weighted by Crippen LogP contribution is -2.09. The number of nitrogens with zero attached hydrogens (tertiary/aromatic N) is 2. The summed E-state index contributed by atoms with van der Waals surface area (Å²) in [6.45, 7) is 0.153. The molecule has 7 heteroatoms. The Morgan fingerprint density at radius 2 is 2.16 bits per heavy atom. The molecule has 104 valence electrons. The summed E-state index contributed by atoms with van der Waals surface area (Å²) in [4.78, 5) is 4.13. The average molecular weight is 286 g/mol. The minimum Gasteiger partial charge on any atom is -0.388 e. The van der Waals surface area contributed by atoms with Crippen LogP contribution in [0.2, 0.25) is 0 Å². The van der Waals surface area contributed by atoms with Gasteiger partial charge in [0.1, 0.15) is 28.1 Å². The van der Waals surface area contributed by atoms with Gasteiger partial charge < -0.3 is 9.67 Å². The van der Waals surface area contributed by atoms with Crippen molar-refractivity contribution in [1.29, 1.82) is 0 Å². The number of fused-ring (bicyclic) bond motifs is 1. The zero-order chi connectivity index (χ0) is 14.0. The van der Waals surface area contributed by atoms with Crippen molar-refractivity contribution >= 4 is 20.9 Å². The van der Waals surface area contributed by atoms with Gasteiger partial charge >= 0.3 is 0 Å². The van der Waals surface area contributed by atoms with Crippen molar-refractivity contribution in [2.45, 2.75) is 19.6 Å². The second-order valence-electron chi connectivity index (χ2n) is 4.45. The number of imidazole rings is 1. The van der Waals surface area contributed by atoms with Crippen molar-refractivity contribution in [2.75, 3.05) is 12.0 Å². The van der Waals surface area contributed by atoms with E-state index in [1.807, 2.05) is 0 Å². The number of aliphatic hydroxyl groups excluding tert-OH is 1. The smallest absolute Gasteiger partial charge is 0.147 e. The zero-order valence-corrected chi connectivity index (χ0v) is 11.3. The summed E-state index contributed by atoms with van der Waals surface area (Å²) in [6.07, 6.45) is 1.61. The Hall–Kier alpha value is -1.47. The summed E-state index contributed by atoms with van der Waals surface area (Å²) >= 11 is 0. The summed E-state index contributed by atoms with van der Waals surface area (Å²) < 4.78 is 37.0. The second-order valence-corrected chi connectivity index (χ2v) is 6.71. The minimum absolute atomic E-state index is 0.0682. The van der Waals surface area contributed by atoms with Crippen LogP contribution in [0.3, 0.4) is 0 Å². The highest BCUT2D eigenvalue weighted by Gasteiger charge is 2.11. The van der Waals surface area contributed by atoms with Crippen molar-refractivity contribution < 1.29 is 17.9 Å². The van der Waals surface area contributed by atoms with Crippen LogP contribution in [0.4, 0.5) is 4.39 Å². The first-order valence-electron chi connectivity index (χ1n) is 5.84. The van der Waals surface area contributed by atoms with E-state index in [0.717, 1.165) is 0 Å². The molecule has 0 unspecified atom stereocenters. The van der Waals surface area contributed by atoms with Gasteiger partial charge in [0.25, 0.3) is 0 Å². The van der Waals surface area contributed by atoms with E-state index in [0.29, 0.717) is 29.8 Å². The molecule has 0 spiro atoms. The van der Waals surface area contributed by atoms with Crippen LogP contribution >= 0.6 is 0 Å². The van der Waals surface area contributed by atoms with Gasteiger partial charge in [-0.3, -0.25) is 0 Å². The van der Waals surface area contributed by atoms with E-state index in [1.54, 1.807) is 10.6 Å². The zero-order valence-electron chi connectivity index (χ0n) is 10.5. The highest BCUT2D eigenvalue weighted by molar-refractivity contribution is 7.90. The second kappa shape index (κ2) is 5.26. The summed E-state index contributed by atoms with van der Waals surface area (Å²) in [7, 11) is -3.01. The summed E-state index contributed by atoms with van der Waals surface area (Å²) in [5.41, 5.74) is 1.15. The average Bonchev–Trinajstić information content (AvgIpc) is 2.65. The van der Waals surface area contributed by atoms with Gasteiger partial charge in [-0.2, -0.15) is 0 Å². The molecule has 0 atom stereocenters. The highest BCUT2D eigenvalue weighted by atomic mass is 32.2. The van der Waals surface area contributed by atoms with Gasteiger partial charge in [0, 0.05) is 18.9 Å². The fourth-order valence-electron chi connectivity index (χ4n) is 2.01. The van der Waals surface area contributed by atoms with Crippen LogP contribution in [0.5, 0.6) is 0 Å². The third kappa shape index (κ3) is 3.30. The molecule has 0 aliphatic heterocycles. The van der Waals surface area contributed by atoms with Crippen LogP contribution in [0.1, 0.15) is 12.2 Å². The Balaban J connectivity index is 2.30.